The minimum Gasteiger partial charge on any atom is -0.378 e. The minimum atomic E-state index is -0.223. The lowest BCUT2D eigenvalue weighted by atomic mass is 10.2. The summed E-state index contributed by atoms with van der Waals surface area (Å²) in [6.07, 6.45) is 0. The molecule has 3 N–H and O–H groups in total. The second kappa shape index (κ2) is 10.2. The van der Waals surface area contributed by atoms with E-state index in [1.165, 1.54) is 6.07 Å². The maximum absolute atomic E-state index is 11.9. The maximum atomic E-state index is 11.9. The fourth-order valence-electron chi connectivity index (χ4n) is 1.97. The number of rotatable bonds is 4. The van der Waals surface area contributed by atoms with Gasteiger partial charge >= 0.3 is 0 Å². The molecule has 0 aromatic heterocycles. The number of amides is 1. The van der Waals surface area contributed by atoms with Crippen LogP contribution in [0.5, 0.6) is 0 Å². The number of ether oxygens (including phenoxy) is 1. The van der Waals surface area contributed by atoms with Crippen LogP contribution in [0, 0.1) is 0 Å². The van der Waals surface area contributed by atoms with Crippen molar-refractivity contribution < 1.29 is 9.53 Å². The molecule has 1 amide bonds. The van der Waals surface area contributed by atoms with Gasteiger partial charge in [0.05, 0.1) is 29.8 Å². The van der Waals surface area contributed by atoms with E-state index in [1.807, 2.05) is 4.90 Å². The summed E-state index contributed by atoms with van der Waals surface area (Å²) < 4.78 is 5.24. The van der Waals surface area contributed by atoms with Crippen molar-refractivity contribution in [3.05, 3.63) is 33.8 Å². The third-order valence-corrected chi connectivity index (χ3v) is 3.93. The Balaban J connectivity index is 0.00000264. The van der Waals surface area contributed by atoms with Crippen molar-refractivity contribution in [2.24, 2.45) is 10.7 Å². The maximum Gasteiger partial charge on any atom is 0.251 e. The molecule has 1 aliphatic heterocycles. The number of benzene rings is 1. The number of carbonyl (C=O) groups is 1. The molecule has 1 saturated heterocycles. The first-order valence-electron chi connectivity index (χ1n) is 6.94. The fourth-order valence-corrected chi connectivity index (χ4v) is 2.27. The molecule has 128 valence electrons. The first kappa shape index (κ1) is 20.3. The first-order valence-corrected chi connectivity index (χ1v) is 7.69. The van der Waals surface area contributed by atoms with Crippen LogP contribution in [0.25, 0.3) is 0 Å². The van der Waals surface area contributed by atoms with E-state index in [0.29, 0.717) is 47.9 Å². The summed E-state index contributed by atoms with van der Waals surface area (Å²) in [6.45, 7) is 3.60. The number of halogens is 3. The molecule has 0 radical (unpaired) electrons. The van der Waals surface area contributed by atoms with Crippen LogP contribution in [-0.4, -0.2) is 56.2 Å². The molecule has 0 atom stereocenters. The van der Waals surface area contributed by atoms with Crippen molar-refractivity contribution in [2.45, 2.75) is 0 Å². The molecule has 0 saturated carbocycles. The van der Waals surface area contributed by atoms with Gasteiger partial charge in [-0.05, 0) is 18.2 Å². The van der Waals surface area contributed by atoms with Gasteiger partial charge < -0.3 is 20.7 Å². The third kappa shape index (κ3) is 6.33. The van der Waals surface area contributed by atoms with E-state index < -0.39 is 0 Å². The fraction of sp³-hybridized carbons (Fsp3) is 0.429. The number of hydrogen-bond acceptors (Lipinski definition) is 3. The monoisotopic (exact) mass is 472 g/mol. The Morgan fingerprint density at radius 1 is 1.30 bits per heavy atom. The normalized spacial score (nSPS) is 15.0. The molecular weight excluding hydrogens is 454 g/mol. The van der Waals surface area contributed by atoms with Crippen LogP contribution in [0.2, 0.25) is 10.0 Å². The Labute approximate surface area is 162 Å². The van der Waals surface area contributed by atoms with Crippen LogP contribution in [0.4, 0.5) is 0 Å². The quantitative estimate of drug-likeness (QED) is 0.304. The Bertz CT molecular complexity index is 566. The van der Waals surface area contributed by atoms with Gasteiger partial charge in [0.1, 0.15) is 0 Å². The van der Waals surface area contributed by atoms with Gasteiger partial charge in [0.25, 0.3) is 5.91 Å². The van der Waals surface area contributed by atoms with Gasteiger partial charge in [0.15, 0.2) is 5.96 Å². The second-order valence-corrected chi connectivity index (χ2v) is 5.54. The Kier molecular flexibility index (Phi) is 8.96. The molecule has 2 rings (SSSR count). The molecule has 9 heteroatoms. The summed E-state index contributed by atoms with van der Waals surface area (Å²) >= 11 is 11.7. The summed E-state index contributed by atoms with van der Waals surface area (Å²) in [5, 5.41) is 3.53. The number of aliphatic imine (C=N–C) groups is 1. The molecule has 0 aliphatic carbocycles. The van der Waals surface area contributed by atoms with Gasteiger partial charge in [-0.25, -0.2) is 0 Å². The molecule has 1 aromatic rings. The largest absolute Gasteiger partial charge is 0.378 e. The van der Waals surface area contributed by atoms with E-state index in [0.717, 1.165) is 13.1 Å². The van der Waals surface area contributed by atoms with Gasteiger partial charge in [-0.2, -0.15) is 0 Å². The predicted molar refractivity (Wildman–Crippen MR) is 103 cm³/mol. The molecule has 0 unspecified atom stereocenters. The number of morpholine rings is 1. The molecule has 0 bridgehead atoms. The lowest BCUT2D eigenvalue weighted by Crippen LogP contribution is -2.45. The lowest BCUT2D eigenvalue weighted by molar-refractivity contribution is 0.0674. The van der Waals surface area contributed by atoms with E-state index >= 15 is 0 Å². The lowest BCUT2D eigenvalue weighted by Gasteiger charge is -2.27. The van der Waals surface area contributed by atoms with Gasteiger partial charge in [0, 0.05) is 25.2 Å². The zero-order chi connectivity index (χ0) is 15.9. The zero-order valence-corrected chi connectivity index (χ0v) is 16.3. The number of nitrogens with one attached hydrogen (secondary N) is 1. The molecule has 1 aromatic carbocycles. The van der Waals surface area contributed by atoms with E-state index in [1.54, 1.807) is 12.1 Å². The van der Waals surface area contributed by atoms with E-state index in [4.69, 9.17) is 33.7 Å². The molecular formula is C14H19Cl2IN4O2. The molecule has 6 nitrogen and oxygen atoms in total. The third-order valence-electron chi connectivity index (χ3n) is 3.19. The van der Waals surface area contributed by atoms with Crippen LogP contribution in [0.1, 0.15) is 10.4 Å². The summed E-state index contributed by atoms with van der Waals surface area (Å²) in [4.78, 5) is 18.1. The van der Waals surface area contributed by atoms with Crippen molar-refractivity contribution in [1.29, 1.82) is 0 Å². The number of guanidine groups is 1. The summed E-state index contributed by atoms with van der Waals surface area (Å²) in [7, 11) is 0. The van der Waals surface area contributed by atoms with Crippen LogP contribution >= 0.6 is 47.2 Å². The van der Waals surface area contributed by atoms with Gasteiger partial charge in [0.2, 0.25) is 0 Å². The Morgan fingerprint density at radius 3 is 2.65 bits per heavy atom. The smallest absolute Gasteiger partial charge is 0.251 e. The minimum absolute atomic E-state index is 0. The van der Waals surface area contributed by atoms with Crippen molar-refractivity contribution >= 4 is 59.0 Å². The topological polar surface area (TPSA) is 79.9 Å². The highest BCUT2D eigenvalue weighted by molar-refractivity contribution is 14.0. The summed E-state index contributed by atoms with van der Waals surface area (Å²) in [5.74, 6) is 0.255. The average Bonchev–Trinajstić information content (AvgIpc) is 2.54. The van der Waals surface area contributed by atoms with Crippen LogP contribution in [-0.2, 0) is 4.74 Å². The highest BCUT2D eigenvalue weighted by Gasteiger charge is 2.12. The predicted octanol–water partition coefficient (Wildman–Crippen LogP) is 1.99. The molecule has 1 fully saturated rings. The molecule has 1 aliphatic rings. The molecule has 1 heterocycles. The zero-order valence-electron chi connectivity index (χ0n) is 12.4. The van der Waals surface area contributed by atoms with Crippen molar-refractivity contribution in [3.63, 3.8) is 0 Å². The standard InChI is InChI=1S/C14H18Cl2N4O2.HI/c15-11-2-1-10(9-12(11)16)13(21)18-3-4-19-14(17)20-5-7-22-8-6-20;/h1-2,9H,3-8H2,(H2,17,19)(H,18,21);1H. The van der Waals surface area contributed by atoms with E-state index in [9.17, 15) is 4.79 Å². The van der Waals surface area contributed by atoms with Crippen LogP contribution in [0.3, 0.4) is 0 Å². The Hall–Kier alpha value is -0.770. The molecule has 23 heavy (non-hydrogen) atoms. The number of carbonyl (C=O) groups excluding carboxylic acids is 1. The number of nitrogens with two attached hydrogens (primary N) is 1. The average molecular weight is 473 g/mol. The van der Waals surface area contributed by atoms with Crippen molar-refractivity contribution in [1.82, 2.24) is 10.2 Å². The second-order valence-electron chi connectivity index (χ2n) is 4.72. The summed E-state index contributed by atoms with van der Waals surface area (Å²) in [5.41, 5.74) is 6.35. The van der Waals surface area contributed by atoms with Crippen molar-refractivity contribution in [3.8, 4) is 0 Å². The Morgan fingerprint density at radius 2 is 2.00 bits per heavy atom. The van der Waals surface area contributed by atoms with Crippen LogP contribution < -0.4 is 11.1 Å². The van der Waals surface area contributed by atoms with E-state index in [-0.39, 0.29) is 29.9 Å². The van der Waals surface area contributed by atoms with Gasteiger partial charge in [-0.1, -0.05) is 23.2 Å². The highest BCUT2D eigenvalue weighted by Crippen LogP contribution is 2.22. The van der Waals surface area contributed by atoms with E-state index in [2.05, 4.69) is 10.3 Å². The SMILES string of the molecule is I.NC(=NCCNC(=O)c1ccc(Cl)c(Cl)c1)N1CCOCC1. The van der Waals surface area contributed by atoms with Gasteiger partial charge in [-0.15, -0.1) is 24.0 Å². The highest BCUT2D eigenvalue weighted by atomic mass is 127. The first-order chi connectivity index (χ1) is 10.6. The van der Waals surface area contributed by atoms with Crippen molar-refractivity contribution in [2.75, 3.05) is 39.4 Å². The van der Waals surface area contributed by atoms with Gasteiger partial charge in [-0.3, -0.25) is 9.79 Å². The van der Waals surface area contributed by atoms with Crippen LogP contribution in [0.15, 0.2) is 23.2 Å². The molecule has 0 spiro atoms. The number of nitrogens with zero attached hydrogens (tertiary/aromatic N) is 2. The summed E-state index contributed by atoms with van der Waals surface area (Å²) in [6, 6.07) is 4.74. The number of hydrogen-bond donors (Lipinski definition) is 2.